The minimum atomic E-state index is -0.185. The van der Waals surface area contributed by atoms with E-state index in [0.29, 0.717) is 17.2 Å². The van der Waals surface area contributed by atoms with Crippen LogP contribution in [0.3, 0.4) is 0 Å². The van der Waals surface area contributed by atoms with E-state index >= 15 is 0 Å². The highest BCUT2D eigenvalue weighted by molar-refractivity contribution is 9.10. The molecule has 1 aromatic heterocycles. The number of methoxy groups -OCH3 is 1. The topological polar surface area (TPSA) is 65.2 Å². The van der Waals surface area contributed by atoms with Crippen molar-refractivity contribution in [1.29, 1.82) is 0 Å². The molecule has 0 saturated carbocycles. The highest BCUT2D eigenvalue weighted by Gasteiger charge is 2.15. The van der Waals surface area contributed by atoms with Gasteiger partial charge in [-0.05, 0) is 36.4 Å². The van der Waals surface area contributed by atoms with Gasteiger partial charge in [-0.15, -0.1) is 10.2 Å². The van der Waals surface area contributed by atoms with Gasteiger partial charge in [0.15, 0.2) is 0 Å². The highest BCUT2D eigenvalue weighted by Crippen LogP contribution is 2.27. The van der Waals surface area contributed by atoms with Gasteiger partial charge < -0.3 is 9.15 Å². The van der Waals surface area contributed by atoms with Crippen molar-refractivity contribution in [3.8, 4) is 17.2 Å². The van der Waals surface area contributed by atoms with Crippen LogP contribution < -0.4 is 4.74 Å². The van der Waals surface area contributed by atoms with Crippen LogP contribution in [-0.4, -0.2) is 22.4 Å². The lowest BCUT2D eigenvalue weighted by Crippen LogP contribution is -1.94. The molecule has 0 aliphatic carbocycles. The molecule has 0 aliphatic rings. The van der Waals surface area contributed by atoms with E-state index in [2.05, 4.69) is 26.1 Å². The largest absolute Gasteiger partial charge is 0.497 e. The molecular formula is C16H11BrN2O3S. The second-order valence-corrected chi connectivity index (χ2v) is 6.34. The van der Waals surface area contributed by atoms with Gasteiger partial charge in [0.25, 0.3) is 5.22 Å². The average Bonchev–Trinajstić information content (AvgIpc) is 3.04. The zero-order valence-electron chi connectivity index (χ0n) is 12.0. The van der Waals surface area contributed by atoms with Crippen molar-refractivity contribution in [2.45, 2.75) is 5.22 Å². The number of benzene rings is 2. The van der Waals surface area contributed by atoms with E-state index in [9.17, 15) is 4.79 Å². The predicted molar refractivity (Wildman–Crippen MR) is 90.6 cm³/mol. The van der Waals surface area contributed by atoms with E-state index in [-0.39, 0.29) is 10.3 Å². The predicted octanol–water partition coefficient (Wildman–Crippen LogP) is 4.44. The molecule has 5 nitrogen and oxygen atoms in total. The van der Waals surface area contributed by atoms with Crippen LogP contribution in [0, 0.1) is 0 Å². The normalized spacial score (nSPS) is 10.5. The third-order valence-electron chi connectivity index (χ3n) is 2.98. The second kappa shape index (κ2) is 6.97. The number of thioether (sulfide) groups is 1. The van der Waals surface area contributed by atoms with Crippen LogP contribution in [0.25, 0.3) is 11.5 Å². The average molecular weight is 391 g/mol. The van der Waals surface area contributed by atoms with Crippen LogP contribution in [-0.2, 0) is 0 Å². The number of aromatic nitrogens is 2. The van der Waals surface area contributed by atoms with Gasteiger partial charge in [-0.3, -0.25) is 4.79 Å². The monoisotopic (exact) mass is 390 g/mol. The van der Waals surface area contributed by atoms with Gasteiger partial charge in [0.1, 0.15) is 5.75 Å². The zero-order chi connectivity index (χ0) is 16.2. The second-order valence-electron chi connectivity index (χ2n) is 4.50. The van der Waals surface area contributed by atoms with Crippen LogP contribution in [0.2, 0.25) is 0 Å². The summed E-state index contributed by atoms with van der Waals surface area (Å²) in [7, 11) is 1.55. The summed E-state index contributed by atoms with van der Waals surface area (Å²) in [4.78, 5) is 12.2. The van der Waals surface area contributed by atoms with E-state index in [1.54, 1.807) is 31.4 Å². The van der Waals surface area contributed by atoms with Gasteiger partial charge in [-0.2, -0.15) is 0 Å². The molecule has 116 valence electrons. The Morgan fingerprint density at radius 3 is 2.70 bits per heavy atom. The van der Waals surface area contributed by atoms with Gasteiger partial charge in [-0.1, -0.05) is 28.1 Å². The fraction of sp³-hybridized carbons (Fsp3) is 0.0625. The molecule has 3 aromatic rings. The van der Waals surface area contributed by atoms with Gasteiger partial charge >= 0.3 is 0 Å². The van der Waals surface area contributed by atoms with Crippen molar-refractivity contribution in [3.05, 3.63) is 58.6 Å². The van der Waals surface area contributed by atoms with Gasteiger partial charge in [-0.25, -0.2) is 0 Å². The molecule has 0 aliphatic heterocycles. The molecule has 0 amide bonds. The number of rotatable bonds is 4. The Morgan fingerprint density at radius 1 is 1.17 bits per heavy atom. The molecule has 0 unspecified atom stereocenters. The summed E-state index contributed by atoms with van der Waals surface area (Å²) in [5.41, 5.74) is 1.30. The van der Waals surface area contributed by atoms with Crippen LogP contribution in [0.4, 0.5) is 0 Å². The Morgan fingerprint density at radius 2 is 1.96 bits per heavy atom. The smallest absolute Gasteiger partial charge is 0.284 e. The number of hydrogen-bond acceptors (Lipinski definition) is 6. The van der Waals surface area contributed by atoms with Crippen LogP contribution >= 0.6 is 27.7 Å². The first kappa shape index (κ1) is 15.8. The number of carbonyl (C=O) groups excluding carboxylic acids is 1. The molecular weight excluding hydrogens is 380 g/mol. The maximum atomic E-state index is 12.2. The van der Waals surface area contributed by atoms with E-state index < -0.39 is 0 Å². The molecule has 7 heteroatoms. The van der Waals surface area contributed by atoms with Gasteiger partial charge in [0.05, 0.1) is 7.11 Å². The summed E-state index contributed by atoms with van der Waals surface area (Å²) in [5.74, 6) is 0.996. The summed E-state index contributed by atoms with van der Waals surface area (Å²) in [6.45, 7) is 0. The van der Waals surface area contributed by atoms with Gasteiger partial charge in [0, 0.05) is 27.4 Å². The molecule has 0 atom stereocenters. The van der Waals surface area contributed by atoms with Crippen molar-refractivity contribution in [1.82, 2.24) is 10.2 Å². The quantitative estimate of drug-likeness (QED) is 0.613. The van der Waals surface area contributed by atoms with Crippen LogP contribution in [0.5, 0.6) is 5.75 Å². The first-order valence-corrected chi connectivity index (χ1v) is 8.22. The Kier molecular flexibility index (Phi) is 4.78. The van der Waals surface area contributed by atoms with Crippen molar-refractivity contribution in [3.63, 3.8) is 0 Å². The van der Waals surface area contributed by atoms with Crippen molar-refractivity contribution in [2.75, 3.05) is 7.11 Å². The van der Waals surface area contributed by atoms with Crippen molar-refractivity contribution < 1.29 is 13.9 Å². The number of halogens is 1. The van der Waals surface area contributed by atoms with E-state index in [0.717, 1.165) is 21.8 Å². The molecule has 0 N–H and O–H groups in total. The Balaban J connectivity index is 1.75. The number of ether oxygens (including phenoxy) is 1. The van der Waals surface area contributed by atoms with E-state index in [1.807, 2.05) is 24.3 Å². The maximum Gasteiger partial charge on any atom is 0.284 e. The molecule has 1 heterocycles. The Hall–Kier alpha value is -2.12. The summed E-state index contributed by atoms with van der Waals surface area (Å²) >= 11 is 4.26. The SMILES string of the molecule is COc1cccc(C(=O)Sc2nnc(-c3ccc(Br)cc3)o2)c1. The van der Waals surface area contributed by atoms with Crippen LogP contribution in [0.15, 0.2) is 62.6 Å². The van der Waals surface area contributed by atoms with E-state index in [4.69, 9.17) is 9.15 Å². The van der Waals surface area contributed by atoms with Crippen molar-refractivity contribution >= 4 is 32.8 Å². The summed E-state index contributed by atoms with van der Waals surface area (Å²) in [6, 6.07) is 14.4. The zero-order valence-corrected chi connectivity index (χ0v) is 14.4. The van der Waals surface area contributed by atoms with Crippen LogP contribution in [0.1, 0.15) is 10.4 Å². The first-order valence-electron chi connectivity index (χ1n) is 6.61. The minimum absolute atomic E-state index is 0.185. The number of nitrogens with zero attached hydrogens (tertiary/aromatic N) is 2. The lowest BCUT2D eigenvalue weighted by atomic mass is 10.2. The van der Waals surface area contributed by atoms with Crippen molar-refractivity contribution in [2.24, 2.45) is 0 Å². The molecule has 0 fully saturated rings. The third kappa shape index (κ3) is 3.80. The molecule has 0 radical (unpaired) electrons. The molecule has 0 bridgehead atoms. The summed E-state index contributed by atoms with van der Waals surface area (Å²) in [6.07, 6.45) is 0. The lowest BCUT2D eigenvalue weighted by Gasteiger charge is -2.01. The highest BCUT2D eigenvalue weighted by atomic mass is 79.9. The number of hydrogen-bond donors (Lipinski definition) is 0. The molecule has 2 aromatic carbocycles. The molecule has 0 spiro atoms. The Labute approximate surface area is 145 Å². The summed E-state index contributed by atoms with van der Waals surface area (Å²) in [5, 5.41) is 7.89. The number of carbonyl (C=O) groups is 1. The third-order valence-corrected chi connectivity index (χ3v) is 4.27. The molecule has 0 saturated heterocycles. The Bertz CT molecular complexity index is 833. The molecule has 23 heavy (non-hydrogen) atoms. The van der Waals surface area contributed by atoms with Gasteiger partial charge in [0.2, 0.25) is 11.0 Å². The lowest BCUT2D eigenvalue weighted by molar-refractivity contribution is 0.108. The maximum absolute atomic E-state index is 12.2. The standard InChI is InChI=1S/C16H11BrN2O3S/c1-21-13-4-2-3-11(9-13)15(20)23-16-19-18-14(22-16)10-5-7-12(17)8-6-10/h2-9H,1H3. The fourth-order valence-corrected chi connectivity index (χ4v) is 2.72. The summed E-state index contributed by atoms with van der Waals surface area (Å²) < 4.78 is 11.6. The fourth-order valence-electron chi connectivity index (χ4n) is 1.85. The molecule has 3 rings (SSSR count). The van der Waals surface area contributed by atoms with E-state index in [1.165, 1.54) is 0 Å². The minimum Gasteiger partial charge on any atom is -0.497 e. The first-order chi connectivity index (χ1) is 11.2.